The van der Waals surface area contributed by atoms with Gasteiger partial charge in [-0.2, -0.15) is 0 Å². The summed E-state index contributed by atoms with van der Waals surface area (Å²) in [5, 5.41) is 21.6. The molecule has 4 fully saturated rings. The van der Waals surface area contributed by atoms with Crippen LogP contribution >= 0.6 is 0 Å². The molecule has 0 radical (unpaired) electrons. The summed E-state index contributed by atoms with van der Waals surface area (Å²) in [5.41, 5.74) is -4.90. The molecule has 6 rings (SSSR count). The number of unbranched alkanes of at least 4 members (excludes halogenated alkanes) is 1. The number of rotatable bonds is 10. The second kappa shape index (κ2) is 11.7. The number of nitrogens with zero attached hydrogens (tertiary/aromatic N) is 1. The molecular formula is C35H42FNO10. The Morgan fingerprint density at radius 3 is 2.49 bits per heavy atom. The lowest BCUT2D eigenvalue weighted by Crippen LogP contribution is -2.71. The van der Waals surface area contributed by atoms with Gasteiger partial charge in [0.15, 0.2) is 23.6 Å². The molecule has 2 unspecified atom stereocenters. The van der Waals surface area contributed by atoms with Crippen molar-refractivity contribution in [2.75, 3.05) is 6.61 Å². The molecule has 8 atom stereocenters. The predicted molar refractivity (Wildman–Crippen MR) is 163 cm³/mol. The molecule has 1 aromatic carbocycles. The third kappa shape index (κ3) is 4.72. The van der Waals surface area contributed by atoms with Gasteiger partial charge in [0.2, 0.25) is 17.3 Å². The minimum atomic E-state index is -2.27. The zero-order chi connectivity index (χ0) is 33.9. The smallest absolute Gasteiger partial charge is 0.306 e. The zero-order valence-electron chi connectivity index (χ0n) is 27.2. The summed E-state index contributed by atoms with van der Waals surface area (Å²) in [6.45, 7) is 6.36. The molecule has 0 spiro atoms. The second-order valence-corrected chi connectivity index (χ2v) is 14.2. The largest absolute Gasteiger partial charge is 0.485 e. The lowest BCUT2D eigenvalue weighted by Gasteiger charge is -2.64. The molecule has 1 N–H and O–H groups in total. The lowest BCUT2D eigenvalue weighted by atomic mass is 9.44. The molecule has 0 aromatic heterocycles. The quantitative estimate of drug-likeness (QED) is 0.201. The van der Waals surface area contributed by atoms with E-state index >= 15 is 4.39 Å². The van der Waals surface area contributed by atoms with Crippen molar-refractivity contribution in [3.05, 3.63) is 68.7 Å². The van der Waals surface area contributed by atoms with Crippen molar-refractivity contribution in [3.8, 4) is 0 Å². The fraction of sp³-hybridized carbons (Fsp3) is 0.629. The first-order valence-electron chi connectivity index (χ1n) is 16.5. The molecule has 1 aliphatic heterocycles. The standard InChI is InChI=1S/C35H42FNO10/c1-5-6-7-29(41)47-35-20(2)14-25-24-13-12-23-15-26(38)30(44-17-21-8-10-22(11-9-21)18-46-37(42)43)31(45-19-28(35)40)33(23,4)34(24,36)27(39)16-32(25,35)3/h8-11,15,20,24-25,27,39H,5-7,12-14,16-19H2,1-4H3/t20?,24-,25-,27+,32+,33+,34?,35-/m0/s1. The van der Waals surface area contributed by atoms with Crippen molar-refractivity contribution in [1.82, 2.24) is 0 Å². The maximum Gasteiger partial charge on any atom is 0.306 e. The van der Waals surface area contributed by atoms with Crippen molar-refractivity contribution >= 4 is 17.5 Å². The predicted octanol–water partition coefficient (Wildman–Crippen LogP) is 5.26. The Morgan fingerprint density at radius 2 is 1.83 bits per heavy atom. The molecule has 4 aliphatic carbocycles. The number of aliphatic hydroxyl groups is 1. The monoisotopic (exact) mass is 655 g/mol. The third-order valence-electron chi connectivity index (χ3n) is 11.9. The molecule has 1 heterocycles. The second-order valence-electron chi connectivity index (χ2n) is 14.2. The van der Waals surface area contributed by atoms with E-state index in [1.54, 1.807) is 31.2 Å². The van der Waals surface area contributed by atoms with Crippen molar-refractivity contribution in [1.29, 1.82) is 0 Å². The summed E-state index contributed by atoms with van der Waals surface area (Å²) >= 11 is 0. The van der Waals surface area contributed by atoms with E-state index in [9.17, 15) is 29.6 Å². The normalized spacial score (nSPS) is 37.2. The Bertz CT molecular complexity index is 1560. The van der Waals surface area contributed by atoms with Crippen LogP contribution in [0.2, 0.25) is 0 Å². The highest BCUT2D eigenvalue weighted by atomic mass is 19.1. The summed E-state index contributed by atoms with van der Waals surface area (Å²) in [5.74, 6) is -3.48. The SMILES string of the molecule is CCCCC(=O)O[C@]12C(=O)COC3=C(OCc4ccc(CO[N+](=O)[O-])cc4)C(=O)C=C4CC[C@H]5[C@H](CC1C)[C@@]2(C)C[C@@H](O)C5(F)[C@]43C. The fourth-order valence-corrected chi connectivity index (χ4v) is 9.69. The van der Waals surface area contributed by atoms with E-state index in [1.165, 1.54) is 6.08 Å². The van der Waals surface area contributed by atoms with Gasteiger partial charge in [-0.25, -0.2) is 4.39 Å². The van der Waals surface area contributed by atoms with Crippen molar-refractivity contribution in [3.63, 3.8) is 0 Å². The number of alkyl halides is 1. The molecule has 11 nitrogen and oxygen atoms in total. The van der Waals surface area contributed by atoms with E-state index < -0.39 is 69.3 Å². The third-order valence-corrected chi connectivity index (χ3v) is 11.9. The first-order chi connectivity index (χ1) is 22.2. The molecule has 47 heavy (non-hydrogen) atoms. The van der Waals surface area contributed by atoms with Crippen LogP contribution in [0.5, 0.6) is 0 Å². The molecule has 5 aliphatic rings. The Hall–Kier alpha value is -3.80. The van der Waals surface area contributed by atoms with E-state index in [4.69, 9.17) is 14.2 Å². The first-order valence-corrected chi connectivity index (χ1v) is 16.5. The first kappa shape index (κ1) is 33.1. The van der Waals surface area contributed by atoms with Crippen LogP contribution < -0.4 is 0 Å². The molecule has 1 aromatic rings. The lowest BCUT2D eigenvalue weighted by molar-refractivity contribution is -0.763. The maximum absolute atomic E-state index is 18.3. The van der Waals surface area contributed by atoms with Gasteiger partial charge in [0.25, 0.3) is 5.09 Å². The molecule has 254 valence electrons. The molecular weight excluding hydrogens is 613 g/mol. The number of ether oxygens (including phenoxy) is 3. The van der Waals surface area contributed by atoms with Gasteiger partial charge in [-0.3, -0.25) is 14.4 Å². The van der Waals surface area contributed by atoms with Gasteiger partial charge in [-0.05, 0) is 67.7 Å². The number of halogens is 1. The van der Waals surface area contributed by atoms with Crippen LogP contribution in [-0.2, 0) is 46.6 Å². The van der Waals surface area contributed by atoms with Crippen LogP contribution in [0.15, 0.2) is 47.4 Å². The van der Waals surface area contributed by atoms with Crippen LogP contribution in [0.3, 0.4) is 0 Å². The van der Waals surface area contributed by atoms with Crippen LogP contribution in [0.4, 0.5) is 4.39 Å². The highest BCUT2D eigenvalue weighted by Crippen LogP contribution is 2.73. The Balaban J connectivity index is 1.42. The number of benzene rings is 1. The van der Waals surface area contributed by atoms with E-state index in [0.29, 0.717) is 42.4 Å². The number of carbonyl (C=O) groups is 3. The fourth-order valence-electron chi connectivity index (χ4n) is 9.69. The Labute approximate surface area is 272 Å². The van der Waals surface area contributed by atoms with Crippen LogP contribution in [-0.4, -0.2) is 51.7 Å². The average molecular weight is 656 g/mol. The zero-order valence-corrected chi connectivity index (χ0v) is 27.2. The van der Waals surface area contributed by atoms with Gasteiger partial charge < -0.3 is 24.2 Å². The van der Waals surface area contributed by atoms with E-state index in [1.807, 2.05) is 20.8 Å². The van der Waals surface area contributed by atoms with Crippen LogP contribution in [0.1, 0.15) is 83.8 Å². The molecule has 0 amide bonds. The van der Waals surface area contributed by atoms with Crippen LogP contribution in [0.25, 0.3) is 0 Å². The maximum atomic E-state index is 18.3. The Kier molecular flexibility index (Phi) is 8.25. The summed E-state index contributed by atoms with van der Waals surface area (Å²) < 4.78 is 36.9. The minimum absolute atomic E-state index is 0.103. The highest BCUT2D eigenvalue weighted by molar-refractivity contribution is 6.05. The van der Waals surface area contributed by atoms with E-state index in [-0.39, 0.29) is 43.5 Å². The number of hydrogen-bond donors (Lipinski definition) is 1. The summed E-state index contributed by atoms with van der Waals surface area (Å²) in [6, 6.07) is 6.56. The van der Waals surface area contributed by atoms with Gasteiger partial charge in [-0.1, -0.05) is 51.5 Å². The number of allylic oxidation sites excluding steroid dienone is 2. The van der Waals surface area contributed by atoms with Crippen molar-refractivity contribution in [2.24, 2.45) is 28.6 Å². The molecule has 1 saturated heterocycles. The van der Waals surface area contributed by atoms with E-state index in [2.05, 4.69) is 4.84 Å². The highest BCUT2D eigenvalue weighted by Gasteiger charge is 2.79. The number of aliphatic hydroxyl groups excluding tert-OH is 1. The molecule has 3 saturated carbocycles. The summed E-state index contributed by atoms with van der Waals surface area (Å²) in [7, 11) is 0. The number of Topliss-reactive ketones (excluding diaryl/α,β-unsaturated/α-hetero) is 1. The molecule has 12 heteroatoms. The number of carbonyl (C=O) groups excluding carboxylic acids is 3. The van der Waals surface area contributed by atoms with Gasteiger partial charge in [-0.15, -0.1) is 10.1 Å². The van der Waals surface area contributed by atoms with Gasteiger partial charge in [0.1, 0.15) is 13.2 Å². The van der Waals surface area contributed by atoms with Crippen LogP contribution in [0, 0.1) is 38.7 Å². The minimum Gasteiger partial charge on any atom is -0.485 e. The van der Waals surface area contributed by atoms with Gasteiger partial charge in [0, 0.05) is 23.7 Å². The van der Waals surface area contributed by atoms with Gasteiger partial charge in [0.05, 0.1) is 11.5 Å². The number of esters is 1. The summed E-state index contributed by atoms with van der Waals surface area (Å²) in [6.07, 6.45) is 2.37. The topological polar surface area (TPSA) is 152 Å². The average Bonchev–Trinajstić information content (AvgIpc) is 3.24. The molecule has 6 bridgehead atoms. The number of ketones is 2. The van der Waals surface area contributed by atoms with Crippen molar-refractivity contribution in [2.45, 2.75) is 103 Å². The van der Waals surface area contributed by atoms with Gasteiger partial charge >= 0.3 is 5.97 Å². The van der Waals surface area contributed by atoms with Crippen molar-refractivity contribution < 1.29 is 48.0 Å². The van der Waals surface area contributed by atoms with E-state index in [0.717, 1.165) is 6.42 Å². The summed E-state index contributed by atoms with van der Waals surface area (Å²) in [4.78, 5) is 56.3. The Morgan fingerprint density at radius 1 is 1.15 bits per heavy atom. The number of hydrogen-bond acceptors (Lipinski definition) is 10.